The van der Waals surface area contributed by atoms with Gasteiger partial charge in [0, 0.05) is 6.72 Å². The average Bonchev–Trinajstić information content (AvgIpc) is 2.47. The van der Waals surface area contributed by atoms with Crippen molar-refractivity contribution < 1.29 is 0 Å². The van der Waals surface area contributed by atoms with Gasteiger partial charge in [-0.05, 0) is 12.1 Å². The van der Waals surface area contributed by atoms with E-state index in [1.807, 2.05) is 24.3 Å². The zero-order valence-electron chi connectivity index (χ0n) is 5.91. The van der Waals surface area contributed by atoms with Crippen LogP contribution in [0.25, 0.3) is 0 Å². The Bertz CT molecular complexity index is 284. The normalized spacial score (nSPS) is 14.0. The topological polar surface area (TPSA) is 39.7 Å². The molecule has 0 saturated heterocycles. The number of nitrogens with zero attached hydrogens (tertiary/aromatic N) is 2. The molecule has 1 aliphatic rings. The molecule has 0 fully saturated rings. The van der Waals surface area contributed by atoms with E-state index in [1.54, 1.807) is 5.12 Å². The van der Waals surface area contributed by atoms with Crippen molar-refractivity contribution in [2.45, 2.75) is 0 Å². The van der Waals surface area contributed by atoms with Crippen LogP contribution in [0, 0.1) is 0 Å². The molecule has 2 N–H and O–H groups in total. The van der Waals surface area contributed by atoms with Gasteiger partial charge in [-0.25, -0.2) is 0 Å². The molecular weight excluding hydrogens is 140 g/mol. The number of hydrogen-bond acceptors (Lipinski definition) is 4. The molecule has 1 aromatic carbocycles. The highest BCUT2D eigenvalue weighted by Crippen LogP contribution is 2.27. The van der Waals surface area contributed by atoms with Crippen LogP contribution in [-0.4, -0.2) is 6.72 Å². The number of benzene rings is 1. The van der Waals surface area contributed by atoms with Gasteiger partial charge in [0.1, 0.15) is 5.69 Å². The molecule has 0 bridgehead atoms. The molecule has 1 aromatic rings. The Hall–Kier alpha value is -1.55. The van der Waals surface area contributed by atoms with Crippen LogP contribution in [0.3, 0.4) is 0 Å². The second-order valence-electron chi connectivity index (χ2n) is 2.21. The summed E-state index contributed by atoms with van der Waals surface area (Å²) in [4.78, 5) is 0. The van der Waals surface area contributed by atoms with Crippen LogP contribution in [0.4, 0.5) is 11.4 Å². The van der Waals surface area contributed by atoms with Crippen molar-refractivity contribution in [1.29, 1.82) is 0 Å². The van der Waals surface area contributed by atoms with E-state index in [2.05, 4.69) is 22.8 Å². The molecule has 0 aromatic heterocycles. The van der Waals surface area contributed by atoms with Gasteiger partial charge in [-0.3, -0.25) is 0 Å². The van der Waals surface area contributed by atoms with E-state index in [0.717, 1.165) is 11.4 Å². The predicted molar refractivity (Wildman–Crippen MR) is 45.2 cm³/mol. The zero-order chi connectivity index (χ0) is 7.68. The van der Waals surface area contributed by atoms with Crippen molar-refractivity contribution in [1.82, 2.24) is 5.53 Å². The summed E-state index contributed by atoms with van der Waals surface area (Å²) in [5.74, 6) is 0. The van der Waals surface area contributed by atoms with Crippen molar-refractivity contribution in [3.05, 3.63) is 24.3 Å². The van der Waals surface area contributed by atoms with Crippen LogP contribution in [0.2, 0.25) is 0 Å². The van der Waals surface area contributed by atoms with Crippen LogP contribution in [-0.2, 0) is 0 Å². The predicted octanol–water partition coefficient (Wildman–Crippen LogP) is 0.954. The molecule has 4 nitrogen and oxygen atoms in total. The number of para-hydroxylation sites is 2. The van der Waals surface area contributed by atoms with Crippen LogP contribution < -0.4 is 16.1 Å². The first-order valence-corrected chi connectivity index (χ1v) is 3.29. The fourth-order valence-corrected chi connectivity index (χ4v) is 1.05. The summed E-state index contributed by atoms with van der Waals surface area (Å²) < 4.78 is 0. The summed E-state index contributed by atoms with van der Waals surface area (Å²) in [5, 5.41) is 5.32. The average molecular weight is 148 g/mol. The maximum absolute atomic E-state index is 3.74. The molecule has 4 heteroatoms. The molecule has 1 aliphatic heterocycles. The van der Waals surface area contributed by atoms with Crippen LogP contribution in [0.1, 0.15) is 0 Å². The highest BCUT2D eigenvalue weighted by Gasteiger charge is 2.14. The van der Waals surface area contributed by atoms with E-state index in [0.29, 0.717) is 0 Å². The van der Waals surface area contributed by atoms with Crippen molar-refractivity contribution in [2.75, 3.05) is 10.5 Å². The van der Waals surface area contributed by atoms with E-state index < -0.39 is 0 Å². The van der Waals surface area contributed by atoms with E-state index in [9.17, 15) is 0 Å². The summed E-state index contributed by atoms with van der Waals surface area (Å²) in [6, 6.07) is 7.83. The Morgan fingerprint density at radius 3 is 3.00 bits per heavy atom. The summed E-state index contributed by atoms with van der Waals surface area (Å²) in [5.41, 5.74) is 7.77. The Kier molecular flexibility index (Phi) is 1.26. The van der Waals surface area contributed by atoms with E-state index >= 15 is 0 Å². The highest BCUT2D eigenvalue weighted by atomic mass is 15.8. The van der Waals surface area contributed by atoms with Gasteiger partial charge in [0.15, 0.2) is 0 Å². The number of hydrazine groups is 2. The third-order valence-electron chi connectivity index (χ3n) is 1.57. The second kappa shape index (κ2) is 2.25. The lowest BCUT2D eigenvalue weighted by molar-refractivity contribution is 0.771. The van der Waals surface area contributed by atoms with Gasteiger partial charge in [-0.15, -0.1) is 5.53 Å². The maximum Gasteiger partial charge on any atom is 0.104 e. The molecule has 0 spiro atoms. The van der Waals surface area contributed by atoms with Crippen LogP contribution >= 0.6 is 0 Å². The quantitative estimate of drug-likeness (QED) is 0.582. The van der Waals surface area contributed by atoms with Crippen LogP contribution in [0.15, 0.2) is 29.4 Å². The number of hydrazone groups is 1. The van der Waals surface area contributed by atoms with Crippen molar-refractivity contribution >= 4 is 18.1 Å². The van der Waals surface area contributed by atoms with Gasteiger partial charge in [0.2, 0.25) is 0 Å². The minimum absolute atomic E-state index is 0.988. The summed E-state index contributed by atoms with van der Waals surface area (Å²) in [7, 11) is 0. The lowest BCUT2D eigenvalue weighted by atomic mass is 10.3. The molecule has 56 valence electrons. The number of hydrogen-bond donors (Lipinski definition) is 2. The Morgan fingerprint density at radius 1 is 1.36 bits per heavy atom. The van der Waals surface area contributed by atoms with Gasteiger partial charge < -0.3 is 5.43 Å². The summed E-state index contributed by atoms with van der Waals surface area (Å²) in [6.07, 6.45) is 0. The SMILES string of the molecule is C=NN1NNc2ccccc21. The largest absolute Gasteiger partial charge is 0.300 e. The highest BCUT2D eigenvalue weighted by molar-refractivity contribution is 5.72. The first-order valence-electron chi connectivity index (χ1n) is 3.29. The summed E-state index contributed by atoms with van der Waals surface area (Å²) in [6.45, 7) is 3.41. The van der Waals surface area contributed by atoms with Crippen molar-refractivity contribution in [3.8, 4) is 0 Å². The van der Waals surface area contributed by atoms with Gasteiger partial charge >= 0.3 is 0 Å². The fourth-order valence-electron chi connectivity index (χ4n) is 1.05. The van der Waals surface area contributed by atoms with Gasteiger partial charge in [0.05, 0.1) is 5.69 Å². The lowest BCUT2D eigenvalue weighted by Gasteiger charge is -2.07. The van der Waals surface area contributed by atoms with E-state index in [-0.39, 0.29) is 0 Å². The molecule has 0 saturated carbocycles. The Labute approximate surface area is 64.5 Å². The number of fused-ring (bicyclic) bond motifs is 1. The number of anilines is 2. The zero-order valence-corrected chi connectivity index (χ0v) is 5.91. The minimum Gasteiger partial charge on any atom is -0.300 e. The monoisotopic (exact) mass is 148 g/mol. The van der Waals surface area contributed by atoms with E-state index in [1.165, 1.54) is 0 Å². The van der Waals surface area contributed by atoms with E-state index in [4.69, 9.17) is 0 Å². The molecule has 0 radical (unpaired) electrons. The van der Waals surface area contributed by atoms with Crippen molar-refractivity contribution in [3.63, 3.8) is 0 Å². The molecule has 2 rings (SSSR count). The first kappa shape index (κ1) is 6.18. The standard InChI is InChI=1S/C7H8N4/c1-8-11-7-5-3-2-4-6(7)9-10-11/h2-5,9-10H,1H2. The third-order valence-corrected chi connectivity index (χ3v) is 1.57. The third kappa shape index (κ3) is 0.841. The van der Waals surface area contributed by atoms with Gasteiger partial charge in [0.25, 0.3) is 0 Å². The minimum atomic E-state index is 0.988. The molecule has 0 amide bonds. The van der Waals surface area contributed by atoms with Gasteiger partial charge in [-0.1, -0.05) is 12.1 Å². The Morgan fingerprint density at radius 2 is 2.18 bits per heavy atom. The first-order chi connectivity index (χ1) is 5.42. The number of nitrogens with one attached hydrogen (secondary N) is 2. The smallest absolute Gasteiger partial charge is 0.104 e. The molecule has 11 heavy (non-hydrogen) atoms. The molecule has 1 heterocycles. The lowest BCUT2D eigenvalue weighted by Crippen LogP contribution is -2.30. The molecule has 0 aliphatic carbocycles. The Balaban J connectivity index is 2.46. The van der Waals surface area contributed by atoms with Crippen molar-refractivity contribution in [2.24, 2.45) is 5.10 Å². The number of rotatable bonds is 1. The molecule has 0 unspecified atom stereocenters. The molecule has 0 atom stereocenters. The molecular formula is C7H8N4. The fraction of sp³-hybridized carbons (Fsp3) is 0. The van der Waals surface area contributed by atoms with Crippen LogP contribution in [0.5, 0.6) is 0 Å². The summed E-state index contributed by atoms with van der Waals surface area (Å²) >= 11 is 0. The van der Waals surface area contributed by atoms with Gasteiger partial charge in [-0.2, -0.15) is 10.2 Å². The second-order valence-corrected chi connectivity index (χ2v) is 2.21. The maximum atomic E-state index is 3.74.